The molecular formula is C21H18ClNO2S3. The van der Waals surface area contributed by atoms with E-state index in [9.17, 15) is 4.79 Å². The summed E-state index contributed by atoms with van der Waals surface area (Å²) >= 11 is 11.6. The molecule has 4 rings (SSSR count). The van der Waals surface area contributed by atoms with Gasteiger partial charge in [-0.25, -0.2) is 0 Å². The fourth-order valence-electron chi connectivity index (χ4n) is 3.55. The number of ether oxygens (including phenoxy) is 1. The second-order valence-electron chi connectivity index (χ2n) is 6.98. The van der Waals surface area contributed by atoms with Gasteiger partial charge in [0.2, 0.25) is 0 Å². The highest BCUT2D eigenvalue weighted by Crippen LogP contribution is 2.53. The first-order valence-corrected chi connectivity index (χ1v) is 11.8. The quantitative estimate of drug-likeness (QED) is 0.315. The van der Waals surface area contributed by atoms with E-state index in [4.69, 9.17) is 28.6 Å². The lowest BCUT2D eigenvalue weighted by atomic mass is 9.86. The molecular weight excluding hydrogens is 430 g/mol. The molecule has 0 bridgehead atoms. The lowest BCUT2D eigenvalue weighted by molar-refractivity contribution is 0.0961. The van der Waals surface area contributed by atoms with Crippen molar-refractivity contribution >= 4 is 56.1 Å². The first-order valence-electron chi connectivity index (χ1n) is 8.85. The molecule has 0 saturated carbocycles. The molecule has 1 aliphatic heterocycles. The van der Waals surface area contributed by atoms with Crippen molar-refractivity contribution in [2.45, 2.75) is 26.3 Å². The van der Waals surface area contributed by atoms with Crippen LogP contribution in [-0.2, 0) is 5.54 Å². The number of carbonyl (C=O) groups excluding carboxylic acids is 1. The minimum absolute atomic E-state index is 0.0676. The van der Waals surface area contributed by atoms with Crippen LogP contribution >= 0.6 is 44.5 Å². The maximum Gasteiger partial charge on any atom is 0.259 e. The van der Waals surface area contributed by atoms with E-state index in [0.717, 1.165) is 31.3 Å². The van der Waals surface area contributed by atoms with Gasteiger partial charge in [0.1, 0.15) is 9.57 Å². The van der Waals surface area contributed by atoms with Crippen molar-refractivity contribution in [3.05, 3.63) is 61.8 Å². The number of rotatable bonds is 3. The summed E-state index contributed by atoms with van der Waals surface area (Å²) < 4.78 is 6.55. The third kappa shape index (κ3) is 3.08. The Bertz CT molecular complexity index is 1120. The number of carbonyl (C=O) groups is 1. The van der Waals surface area contributed by atoms with E-state index in [2.05, 4.69) is 13.8 Å². The van der Waals surface area contributed by atoms with Gasteiger partial charge in [-0.2, -0.15) is 0 Å². The van der Waals surface area contributed by atoms with Gasteiger partial charge in [0.25, 0.3) is 5.91 Å². The molecule has 28 heavy (non-hydrogen) atoms. The first kappa shape index (κ1) is 19.6. The lowest BCUT2D eigenvalue weighted by Gasteiger charge is -2.43. The van der Waals surface area contributed by atoms with Gasteiger partial charge < -0.3 is 4.74 Å². The Labute approximate surface area is 181 Å². The van der Waals surface area contributed by atoms with E-state index in [1.807, 2.05) is 30.0 Å². The predicted molar refractivity (Wildman–Crippen MR) is 121 cm³/mol. The van der Waals surface area contributed by atoms with Crippen molar-refractivity contribution in [3.63, 3.8) is 0 Å². The Morgan fingerprint density at radius 3 is 2.57 bits per heavy atom. The van der Waals surface area contributed by atoms with Crippen LogP contribution in [0.4, 0.5) is 5.69 Å². The average molecular weight is 448 g/mol. The second-order valence-corrected chi connectivity index (χ2v) is 10.2. The van der Waals surface area contributed by atoms with Crippen molar-refractivity contribution < 1.29 is 9.53 Å². The van der Waals surface area contributed by atoms with E-state index < -0.39 is 5.54 Å². The van der Waals surface area contributed by atoms with Crippen LogP contribution in [0.1, 0.15) is 36.0 Å². The van der Waals surface area contributed by atoms with Gasteiger partial charge in [-0.1, -0.05) is 44.5 Å². The summed E-state index contributed by atoms with van der Waals surface area (Å²) in [6.07, 6.45) is 0. The summed E-state index contributed by atoms with van der Waals surface area (Å²) in [4.78, 5) is 16.5. The smallest absolute Gasteiger partial charge is 0.259 e. The van der Waals surface area contributed by atoms with Crippen molar-refractivity contribution in [2.24, 2.45) is 0 Å². The molecule has 1 aromatic heterocycles. The molecule has 144 valence electrons. The fourth-order valence-corrected chi connectivity index (χ4v) is 6.96. The van der Waals surface area contributed by atoms with Gasteiger partial charge in [-0.05, 0) is 63.2 Å². The SMILES string of the molecule is CCOc1ccc2c(c1)-c1c(ssc1=S)C(C)(C)N2C(=O)c1ccc(Cl)cc1. The number of fused-ring (bicyclic) bond motifs is 3. The van der Waals surface area contributed by atoms with Crippen LogP contribution < -0.4 is 9.64 Å². The minimum Gasteiger partial charge on any atom is -0.494 e. The van der Waals surface area contributed by atoms with Crippen LogP contribution in [0, 0.1) is 3.82 Å². The van der Waals surface area contributed by atoms with E-state index in [-0.39, 0.29) is 5.91 Å². The van der Waals surface area contributed by atoms with Crippen LogP contribution in [-0.4, -0.2) is 12.5 Å². The predicted octanol–water partition coefficient (Wildman–Crippen LogP) is 7.15. The molecule has 0 aliphatic carbocycles. The monoisotopic (exact) mass is 447 g/mol. The fraction of sp³-hybridized carbons (Fsp3) is 0.238. The van der Waals surface area contributed by atoms with Crippen molar-refractivity contribution in [1.82, 2.24) is 0 Å². The van der Waals surface area contributed by atoms with Crippen molar-refractivity contribution in [1.29, 1.82) is 0 Å². The molecule has 0 unspecified atom stereocenters. The summed E-state index contributed by atoms with van der Waals surface area (Å²) in [5.41, 5.74) is 2.92. The summed E-state index contributed by atoms with van der Waals surface area (Å²) in [5.74, 6) is 0.707. The Hall–Kier alpha value is -1.73. The molecule has 0 radical (unpaired) electrons. The molecule has 1 amide bonds. The van der Waals surface area contributed by atoms with Crippen molar-refractivity contribution in [2.75, 3.05) is 11.5 Å². The minimum atomic E-state index is -0.523. The molecule has 1 aliphatic rings. The lowest BCUT2D eigenvalue weighted by Crippen LogP contribution is -2.47. The van der Waals surface area contributed by atoms with Gasteiger partial charge in [0.05, 0.1) is 22.7 Å². The van der Waals surface area contributed by atoms with Crippen LogP contribution in [0.15, 0.2) is 42.5 Å². The normalized spacial score (nSPS) is 14.4. The summed E-state index contributed by atoms with van der Waals surface area (Å²) in [5, 5.41) is 0.606. The zero-order valence-corrected chi connectivity index (χ0v) is 18.8. The van der Waals surface area contributed by atoms with E-state index >= 15 is 0 Å². The maximum atomic E-state index is 13.6. The Kier molecular flexibility index (Phi) is 5.08. The number of halogens is 1. The maximum absolute atomic E-state index is 13.6. The highest BCUT2D eigenvalue weighted by atomic mass is 35.5. The average Bonchev–Trinajstić information content (AvgIpc) is 3.06. The molecule has 2 aromatic carbocycles. The Morgan fingerprint density at radius 2 is 1.89 bits per heavy atom. The highest BCUT2D eigenvalue weighted by molar-refractivity contribution is 7.80. The molecule has 3 nitrogen and oxygen atoms in total. The number of amides is 1. The Balaban J connectivity index is 1.94. The third-order valence-electron chi connectivity index (χ3n) is 4.83. The van der Waals surface area contributed by atoms with Gasteiger partial charge in [-0.15, -0.1) is 0 Å². The molecule has 0 atom stereocenters. The number of hydrogen-bond donors (Lipinski definition) is 0. The summed E-state index contributed by atoms with van der Waals surface area (Å²) in [6, 6.07) is 12.9. The molecule has 7 heteroatoms. The zero-order chi connectivity index (χ0) is 20.1. The number of hydrogen-bond acceptors (Lipinski definition) is 5. The standard InChI is InChI=1S/C21H18ClNO2S3/c1-4-25-14-9-10-16-15(11-14)17-18(27-28-20(17)26)21(2,3)23(16)19(24)12-5-7-13(22)8-6-12/h5-11H,4H2,1-3H3. The molecule has 0 fully saturated rings. The summed E-state index contributed by atoms with van der Waals surface area (Å²) in [6.45, 7) is 6.67. The molecule has 0 spiro atoms. The van der Waals surface area contributed by atoms with E-state index in [0.29, 0.717) is 17.2 Å². The molecule has 2 heterocycles. The molecule has 3 aromatic rings. The van der Waals surface area contributed by atoms with Crippen LogP contribution in [0.3, 0.4) is 0 Å². The number of anilines is 1. The Morgan fingerprint density at radius 1 is 1.18 bits per heavy atom. The molecule has 0 N–H and O–H groups in total. The van der Waals surface area contributed by atoms with E-state index in [1.54, 1.807) is 44.9 Å². The van der Waals surface area contributed by atoms with Gasteiger partial charge in [-0.3, -0.25) is 9.69 Å². The topological polar surface area (TPSA) is 29.5 Å². The second kappa shape index (κ2) is 7.26. The van der Waals surface area contributed by atoms with Crippen LogP contribution in [0.25, 0.3) is 11.1 Å². The number of benzene rings is 2. The zero-order valence-electron chi connectivity index (χ0n) is 15.6. The van der Waals surface area contributed by atoms with Gasteiger partial charge >= 0.3 is 0 Å². The van der Waals surface area contributed by atoms with Crippen LogP contribution in [0.2, 0.25) is 5.02 Å². The van der Waals surface area contributed by atoms with Crippen LogP contribution in [0.5, 0.6) is 5.75 Å². The largest absolute Gasteiger partial charge is 0.494 e. The summed E-state index contributed by atoms with van der Waals surface area (Å²) in [7, 11) is 3.22. The van der Waals surface area contributed by atoms with Gasteiger partial charge in [0.15, 0.2) is 0 Å². The van der Waals surface area contributed by atoms with Crippen molar-refractivity contribution in [3.8, 4) is 16.9 Å². The number of nitrogens with zero attached hydrogens (tertiary/aromatic N) is 1. The van der Waals surface area contributed by atoms with E-state index in [1.165, 1.54) is 0 Å². The highest BCUT2D eigenvalue weighted by Gasteiger charge is 2.43. The molecule has 0 saturated heterocycles. The van der Waals surface area contributed by atoms with Gasteiger partial charge in [0, 0.05) is 21.7 Å². The first-order chi connectivity index (χ1) is 13.3. The third-order valence-corrected chi connectivity index (χ3v) is 8.41.